The Bertz CT molecular complexity index is 287. The van der Waals surface area contributed by atoms with Gasteiger partial charge < -0.3 is 20.0 Å². The summed E-state index contributed by atoms with van der Waals surface area (Å²) < 4.78 is 5.14. The van der Waals surface area contributed by atoms with Crippen molar-refractivity contribution in [3.8, 4) is 0 Å². The number of carbonyl (C=O) groups is 2. The van der Waals surface area contributed by atoms with Gasteiger partial charge in [-0.25, -0.2) is 4.79 Å². The minimum absolute atomic E-state index is 0.0143. The van der Waals surface area contributed by atoms with E-state index in [-0.39, 0.29) is 12.0 Å². The zero-order valence-corrected chi connectivity index (χ0v) is 10.6. The molecule has 1 saturated carbocycles. The molecule has 0 aromatic carbocycles. The van der Waals surface area contributed by atoms with Gasteiger partial charge in [-0.15, -0.1) is 0 Å². The second-order valence-electron chi connectivity index (χ2n) is 5.51. The van der Waals surface area contributed by atoms with Crippen LogP contribution < -0.4 is 10.4 Å². The number of hydrogen-bond donors (Lipinski definition) is 1. The summed E-state index contributed by atoms with van der Waals surface area (Å²) >= 11 is 0. The van der Waals surface area contributed by atoms with Gasteiger partial charge in [0, 0.05) is 12.0 Å². The van der Waals surface area contributed by atoms with E-state index < -0.39 is 17.7 Å². The van der Waals surface area contributed by atoms with Crippen molar-refractivity contribution >= 4 is 12.1 Å². The number of carboxylic acids is 1. The van der Waals surface area contributed by atoms with Gasteiger partial charge in [-0.1, -0.05) is 0 Å². The molecule has 0 atom stereocenters. The predicted molar refractivity (Wildman–Crippen MR) is 60.1 cm³/mol. The van der Waals surface area contributed by atoms with Gasteiger partial charge >= 0.3 is 6.09 Å². The minimum atomic E-state index is -0.985. The number of carbonyl (C=O) groups excluding carboxylic acids is 2. The van der Waals surface area contributed by atoms with Crippen LogP contribution in [0.5, 0.6) is 0 Å². The van der Waals surface area contributed by atoms with Gasteiger partial charge in [0.2, 0.25) is 0 Å². The van der Waals surface area contributed by atoms with Crippen molar-refractivity contribution in [1.29, 1.82) is 0 Å². The van der Waals surface area contributed by atoms with Crippen molar-refractivity contribution in [2.24, 2.45) is 5.92 Å². The lowest BCUT2D eigenvalue weighted by Crippen LogP contribution is -2.43. The number of ether oxygens (including phenoxy) is 1. The van der Waals surface area contributed by atoms with E-state index in [2.05, 4.69) is 5.32 Å². The molecule has 0 aliphatic heterocycles. The van der Waals surface area contributed by atoms with Crippen molar-refractivity contribution in [2.75, 3.05) is 0 Å². The number of rotatable bonds is 2. The van der Waals surface area contributed by atoms with E-state index in [1.165, 1.54) is 0 Å². The van der Waals surface area contributed by atoms with Gasteiger partial charge in [-0.3, -0.25) is 0 Å². The molecular formula is C12H20NO4-. The molecule has 0 unspecified atom stereocenters. The molecule has 0 radical (unpaired) electrons. The first-order valence-corrected chi connectivity index (χ1v) is 5.98. The molecule has 1 amide bonds. The van der Waals surface area contributed by atoms with Crippen LogP contribution in [-0.2, 0) is 9.53 Å². The molecule has 17 heavy (non-hydrogen) atoms. The minimum Gasteiger partial charge on any atom is -0.550 e. The third kappa shape index (κ3) is 5.06. The Balaban J connectivity index is 2.31. The van der Waals surface area contributed by atoms with E-state index in [0.717, 1.165) is 0 Å². The summed E-state index contributed by atoms with van der Waals surface area (Å²) in [6.07, 6.45) is 2.01. The summed E-state index contributed by atoms with van der Waals surface area (Å²) in [5, 5.41) is 13.4. The van der Waals surface area contributed by atoms with Crippen LogP contribution in [0.4, 0.5) is 4.79 Å². The fourth-order valence-electron chi connectivity index (χ4n) is 1.95. The third-order valence-electron chi connectivity index (χ3n) is 2.78. The highest BCUT2D eigenvalue weighted by Crippen LogP contribution is 2.24. The van der Waals surface area contributed by atoms with Gasteiger partial charge in [-0.05, 0) is 52.4 Å². The number of amides is 1. The van der Waals surface area contributed by atoms with E-state index in [0.29, 0.717) is 25.7 Å². The number of aliphatic carboxylic acids is 1. The molecule has 0 aromatic rings. The second kappa shape index (κ2) is 5.38. The summed E-state index contributed by atoms with van der Waals surface area (Å²) in [6, 6.07) is 0.0143. The highest BCUT2D eigenvalue weighted by molar-refractivity contribution is 5.69. The van der Waals surface area contributed by atoms with E-state index in [9.17, 15) is 14.7 Å². The number of alkyl carbamates (subject to hydrolysis) is 1. The fourth-order valence-corrected chi connectivity index (χ4v) is 1.95. The average Bonchev–Trinajstić information content (AvgIpc) is 2.15. The van der Waals surface area contributed by atoms with Gasteiger partial charge in [0.1, 0.15) is 5.60 Å². The molecule has 1 N–H and O–H groups in total. The normalized spacial score (nSPS) is 25.1. The first-order chi connectivity index (χ1) is 7.78. The predicted octanol–water partition coefficient (Wildman–Crippen LogP) is 0.820. The van der Waals surface area contributed by atoms with Crippen molar-refractivity contribution in [3.63, 3.8) is 0 Å². The van der Waals surface area contributed by atoms with Crippen LogP contribution in [0.1, 0.15) is 46.5 Å². The molecule has 5 heteroatoms. The van der Waals surface area contributed by atoms with Gasteiger partial charge in [0.25, 0.3) is 0 Å². The number of nitrogens with one attached hydrogen (secondary N) is 1. The molecule has 0 saturated heterocycles. The van der Waals surface area contributed by atoms with Crippen LogP contribution in [0, 0.1) is 5.92 Å². The summed E-state index contributed by atoms with van der Waals surface area (Å²) in [6.45, 7) is 5.42. The summed E-state index contributed by atoms with van der Waals surface area (Å²) in [5.41, 5.74) is -0.508. The molecule has 5 nitrogen and oxygen atoms in total. The SMILES string of the molecule is CC(C)(C)OC(=O)NC1CCC(C(=O)[O-])CC1. The topological polar surface area (TPSA) is 78.5 Å². The Kier molecular flexibility index (Phi) is 4.37. The Hall–Kier alpha value is -1.26. The van der Waals surface area contributed by atoms with Crippen LogP contribution in [-0.4, -0.2) is 23.7 Å². The highest BCUT2D eigenvalue weighted by atomic mass is 16.6. The Labute approximate surface area is 102 Å². The average molecular weight is 242 g/mol. The van der Waals surface area contributed by atoms with Crippen LogP contribution in [0.15, 0.2) is 0 Å². The summed E-state index contributed by atoms with van der Waals surface area (Å²) in [5.74, 6) is -1.35. The molecule has 1 rings (SSSR count). The maximum atomic E-state index is 11.5. The van der Waals surface area contributed by atoms with E-state index >= 15 is 0 Å². The molecular weight excluding hydrogens is 222 g/mol. The molecule has 1 aliphatic carbocycles. The Morgan fingerprint density at radius 1 is 1.18 bits per heavy atom. The fraction of sp³-hybridized carbons (Fsp3) is 0.833. The van der Waals surface area contributed by atoms with Crippen LogP contribution >= 0.6 is 0 Å². The van der Waals surface area contributed by atoms with Crippen LogP contribution in [0.2, 0.25) is 0 Å². The maximum Gasteiger partial charge on any atom is 0.407 e. The maximum absolute atomic E-state index is 11.5. The van der Waals surface area contributed by atoms with Crippen LogP contribution in [0.25, 0.3) is 0 Å². The highest BCUT2D eigenvalue weighted by Gasteiger charge is 2.24. The zero-order chi connectivity index (χ0) is 13.1. The molecule has 0 spiro atoms. The van der Waals surface area contributed by atoms with Gasteiger partial charge in [-0.2, -0.15) is 0 Å². The monoisotopic (exact) mass is 242 g/mol. The molecule has 0 bridgehead atoms. The second-order valence-corrected chi connectivity index (χ2v) is 5.51. The first-order valence-electron chi connectivity index (χ1n) is 5.98. The van der Waals surface area contributed by atoms with E-state index in [1.807, 2.05) is 0 Å². The van der Waals surface area contributed by atoms with Gasteiger partial charge in [0.05, 0.1) is 0 Å². The molecule has 0 heterocycles. The quantitative estimate of drug-likeness (QED) is 0.777. The smallest absolute Gasteiger partial charge is 0.407 e. The summed E-state index contributed by atoms with van der Waals surface area (Å²) in [4.78, 5) is 22.1. The number of hydrogen-bond acceptors (Lipinski definition) is 4. The largest absolute Gasteiger partial charge is 0.550 e. The number of carboxylic acid groups (broad SMARTS) is 1. The van der Waals surface area contributed by atoms with Crippen LogP contribution in [0.3, 0.4) is 0 Å². The van der Waals surface area contributed by atoms with Gasteiger partial charge in [0.15, 0.2) is 0 Å². The third-order valence-corrected chi connectivity index (χ3v) is 2.78. The molecule has 98 valence electrons. The van der Waals surface area contributed by atoms with Crippen molar-refractivity contribution in [2.45, 2.75) is 58.1 Å². The lowest BCUT2D eigenvalue weighted by Gasteiger charge is -2.30. The first kappa shape index (κ1) is 13.8. The lowest BCUT2D eigenvalue weighted by molar-refractivity contribution is -0.312. The zero-order valence-electron chi connectivity index (χ0n) is 10.6. The van der Waals surface area contributed by atoms with Crippen molar-refractivity contribution < 1.29 is 19.4 Å². The Morgan fingerprint density at radius 2 is 1.71 bits per heavy atom. The molecule has 1 aliphatic rings. The standard InChI is InChI=1S/C12H21NO4/c1-12(2,3)17-11(16)13-9-6-4-8(5-7-9)10(14)15/h8-9H,4-7H2,1-3H3,(H,13,16)(H,14,15)/p-1. The molecule has 0 aromatic heterocycles. The lowest BCUT2D eigenvalue weighted by atomic mass is 9.86. The summed E-state index contributed by atoms with van der Waals surface area (Å²) in [7, 11) is 0. The van der Waals surface area contributed by atoms with E-state index in [1.54, 1.807) is 20.8 Å². The molecule has 1 fully saturated rings. The van der Waals surface area contributed by atoms with E-state index in [4.69, 9.17) is 4.74 Å². The Morgan fingerprint density at radius 3 is 2.12 bits per heavy atom. The van der Waals surface area contributed by atoms with Crippen molar-refractivity contribution in [1.82, 2.24) is 5.32 Å². The van der Waals surface area contributed by atoms with Crippen molar-refractivity contribution in [3.05, 3.63) is 0 Å².